The van der Waals surface area contributed by atoms with E-state index in [0.29, 0.717) is 18.4 Å². The van der Waals surface area contributed by atoms with E-state index in [-0.39, 0.29) is 30.0 Å². The maximum Gasteiger partial charge on any atom is 0.330 e. The molecule has 0 unspecified atom stereocenters. The van der Waals surface area contributed by atoms with Crippen LogP contribution < -0.4 is 21.9 Å². The van der Waals surface area contributed by atoms with Gasteiger partial charge in [-0.1, -0.05) is 40.0 Å². The van der Waals surface area contributed by atoms with E-state index < -0.39 is 11.2 Å². The third kappa shape index (κ3) is 4.96. The van der Waals surface area contributed by atoms with Crippen molar-refractivity contribution in [1.29, 1.82) is 0 Å². The number of nitrogens with two attached hydrogens (primary N) is 1. The van der Waals surface area contributed by atoms with Crippen LogP contribution in [0.3, 0.4) is 0 Å². The van der Waals surface area contributed by atoms with Crippen LogP contribution >= 0.6 is 0 Å². The number of hydrogen-bond acceptors (Lipinski definition) is 5. The molecule has 0 bridgehead atoms. The number of nitrogens with one attached hydrogen (secondary N) is 1. The van der Waals surface area contributed by atoms with Gasteiger partial charge in [0.1, 0.15) is 5.82 Å². The molecule has 2 heterocycles. The second-order valence-electron chi connectivity index (χ2n) is 9.34. The van der Waals surface area contributed by atoms with E-state index in [9.17, 15) is 14.4 Å². The molecule has 2 aliphatic rings. The molecular weight excluding hydrogens is 382 g/mol. The summed E-state index contributed by atoms with van der Waals surface area (Å²) in [5.41, 5.74) is 5.43. The van der Waals surface area contributed by atoms with E-state index >= 15 is 0 Å². The Labute approximate surface area is 178 Å². The van der Waals surface area contributed by atoms with Gasteiger partial charge in [0, 0.05) is 25.7 Å². The molecule has 1 aliphatic heterocycles. The monoisotopic (exact) mass is 419 g/mol. The van der Waals surface area contributed by atoms with Crippen molar-refractivity contribution >= 4 is 17.4 Å². The van der Waals surface area contributed by atoms with Crippen LogP contribution in [0, 0.1) is 11.8 Å². The first-order valence-corrected chi connectivity index (χ1v) is 11.5. The standard InChI is InChI=1S/C22H37N5O3/c1-4-5-10-26-20(23)19(21(29)24-22(26)30)27(17-8-6-7-9-17)18(28)14-25-12-15(2)11-16(3)13-25/h15-17H,4-14,23H2,1-3H3,(H,24,29,30)/t15-,16-/m0/s1. The fourth-order valence-corrected chi connectivity index (χ4v) is 5.21. The fourth-order valence-electron chi connectivity index (χ4n) is 5.21. The quantitative estimate of drug-likeness (QED) is 0.705. The number of H-pyrrole nitrogens is 1. The number of hydrogen-bond donors (Lipinski definition) is 2. The first kappa shape index (κ1) is 22.6. The second-order valence-corrected chi connectivity index (χ2v) is 9.34. The molecule has 30 heavy (non-hydrogen) atoms. The number of nitrogens with zero attached hydrogens (tertiary/aromatic N) is 3. The van der Waals surface area contributed by atoms with Gasteiger partial charge in [-0.3, -0.25) is 24.0 Å². The van der Waals surface area contributed by atoms with Crippen LogP contribution in [0.2, 0.25) is 0 Å². The van der Waals surface area contributed by atoms with Crippen molar-refractivity contribution in [3.63, 3.8) is 0 Å². The Morgan fingerprint density at radius 2 is 1.80 bits per heavy atom. The Bertz CT molecular complexity index is 845. The molecule has 0 aromatic carbocycles. The molecule has 8 heteroatoms. The number of rotatable bonds is 7. The zero-order valence-electron chi connectivity index (χ0n) is 18.7. The SMILES string of the molecule is CCCCn1c(N)c(N(C(=O)CN2C[C@@H](C)C[C@H](C)C2)C2CCCC2)c(=O)[nH]c1=O. The van der Waals surface area contributed by atoms with Gasteiger partial charge >= 0.3 is 5.69 Å². The number of aromatic nitrogens is 2. The second kappa shape index (κ2) is 9.81. The van der Waals surface area contributed by atoms with Gasteiger partial charge in [0.05, 0.1) is 6.54 Å². The summed E-state index contributed by atoms with van der Waals surface area (Å²) in [5, 5.41) is 0. The van der Waals surface area contributed by atoms with E-state index in [1.54, 1.807) is 4.90 Å². The highest BCUT2D eigenvalue weighted by atomic mass is 16.2. The number of piperidine rings is 1. The van der Waals surface area contributed by atoms with Crippen LogP contribution in [-0.2, 0) is 11.3 Å². The first-order valence-electron chi connectivity index (χ1n) is 11.5. The minimum atomic E-state index is -0.564. The van der Waals surface area contributed by atoms with E-state index in [0.717, 1.165) is 51.6 Å². The van der Waals surface area contributed by atoms with E-state index in [2.05, 4.69) is 23.7 Å². The topological polar surface area (TPSA) is 104 Å². The van der Waals surface area contributed by atoms with Gasteiger partial charge in [-0.05, 0) is 37.5 Å². The Morgan fingerprint density at radius 3 is 2.40 bits per heavy atom. The molecule has 1 saturated heterocycles. The molecule has 2 atom stereocenters. The van der Waals surface area contributed by atoms with Gasteiger partial charge in [0.15, 0.2) is 5.69 Å². The third-order valence-electron chi connectivity index (χ3n) is 6.45. The van der Waals surface area contributed by atoms with E-state index in [1.165, 1.54) is 11.0 Å². The van der Waals surface area contributed by atoms with Gasteiger partial charge in [-0.15, -0.1) is 0 Å². The minimum absolute atomic E-state index is 0.0438. The molecule has 1 aromatic rings. The first-order chi connectivity index (χ1) is 14.3. The summed E-state index contributed by atoms with van der Waals surface area (Å²) in [7, 11) is 0. The number of anilines is 2. The lowest BCUT2D eigenvalue weighted by Gasteiger charge is -2.37. The van der Waals surface area contributed by atoms with Gasteiger partial charge < -0.3 is 10.6 Å². The highest BCUT2D eigenvalue weighted by Crippen LogP contribution is 2.30. The zero-order valence-corrected chi connectivity index (χ0v) is 18.7. The molecular formula is C22H37N5O3. The summed E-state index contributed by atoms with van der Waals surface area (Å²) in [4.78, 5) is 44.9. The average Bonchev–Trinajstić information content (AvgIpc) is 3.18. The van der Waals surface area contributed by atoms with Crippen LogP contribution in [0.4, 0.5) is 11.5 Å². The lowest BCUT2D eigenvalue weighted by Crippen LogP contribution is -2.51. The zero-order chi connectivity index (χ0) is 21.8. The van der Waals surface area contributed by atoms with Crippen molar-refractivity contribution < 1.29 is 4.79 Å². The lowest BCUT2D eigenvalue weighted by atomic mass is 9.92. The predicted octanol–water partition coefficient (Wildman–Crippen LogP) is 2.17. The number of unbranched alkanes of at least 4 members (excludes halogenated alkanes) is 1. The van der Waals surface area contributed by atoms with Crippen molar-refractivity contribution in [1.82, 2.24) is 14.5 Å². The lowest BCUT2D eigenvalue weighted by molar-refractivity contribution is -0.120. The van der Waals surface area contributed by atoms with Crippen molar-refractivity contribution in [3.05, 3.63) is 20.8 Å². The summed E-state index contributed by atoms with van der Waals surface area (Å²) in [6.45, 7) is 8.94. The number of carbonyl (C=O) groups is 1. The molecule has 8 nitrogen and oxygen atoms in total. The summed E-state index contributed by atoms with van der Waals surface area (Å²) in [6, 6.07) is -0.0438. The molecule has 0 spiro atoms. The van der Waals surface area contributed by atoms with Crippen molar-refractivity contribution in [2.24, 2.45) is 11.8 Å². The molecule has 1 amide bonds. The van der Waals surface area contributed by atoms with Crippen molar-refractivity contribution in [2.75, 3.05) is 30.3 Å². The van der Waals surface area contributed by atoms with Crippen LogP contribution in [0.1, 0.15) is 65.7 Å². The Hall–Kier alpha value is -2.09. The van der Waals surface area contributed by atoms with Crippen LogP contribution in [0.15, 0.2) is 9.59 Å². The van der Waals surface area contributed by atoms with Crippen molar-refractivity contribution in [3.8, 4) is 0 Å². The highest BCUT2D eigenvalue weighted by Gasteiger charge is 2.34. The molecule has 0 radical (unpaired) electrons. The smallest absolute Gasteiger partial charge is 0.330 e. The molecule has 1 aliphatic carbocycles. The maximum absolute atomic E-state index is 13.5. The Kier molecular flexibility index (Phi) is 7.39. The largest absolute Gasteiger partial charge is 0.383 e. The molecule has 3 rings (SSSR count). The average molecular weight is 420 g/mol. The third-order valence-corrected chi connectivity index (χ3v) is 6.45. The minimum Gasteiger partial charge on any atom is -0.383 e. The van der Waals surface area contributed by atoms with Gasteiger partial charge in [-0.25, -0.2) is 4.79 Å². The summed E-state index contributed by atoms with van der Waals surface area (Å²) in [6.07, 6.45) is 6.61. The number of aromatic amines is 1. The van der Waals surface area contributed by atoms with Gasteiger partial charge in [0.2, 0.25) is 5.91 Å². The number of nitrogen functional groups attached to an aromatic ring is 1. The number of carbonyl (C=O) groups excluding carboxylic acids is 1. The van der Waals surface area contributed by atoms with E-state index in [1.807, 2.05) is 6.92 Å². The Morgan fingerprint density at radius 1 is 1.17 bits per heavy atom. The summed E-state index contributed by atoms with van der Waals surface area (Å²) >= 11 is 0. The molecule has 2 fully saturated rings. The van der Waals surface area contributed by atoms with E-state index in [4.69, 9.17) is 5.73 Å². The van der Waals surface area contributed by atoms with Crippen LogP contribution in [0.5, 0.6) is 0 Å². The summed E-state index contributed by atoms with van der Waals surface area (Å²) < 4.78 is 1.40. The molecule has 1 aromatic heterocycles. The molecule has 168 valence electrons. The van der Waals surface area contributed by atoms with Crippen LogP contribution in [0.25, 0.3) is 0 Å². The Balaban J connectivity index is 1.95. The molecule has 3 N–H and O–H groups in total. The van der Waals surface area contributed by atoms with Crippen LogP contribution in [-0.4, -0.2) is 46.0 Å². The fraction of sp³-hybridized carbons (Fsp3) is 0.773. The predicted molar refractivity (Wildman–Crippen MR) is 120 cm³/mol. The normalized spacial score (nSPS) is 23.0. The maximum atomic E-state index is 13.5. The molecule has 1 saturated carbocycles. The van der Waals surface area contributed by atoms with Gasteiger partial charge in [-0.2, -0.15) is 0 Å². The number of likely N-dealkylation sites (tertiary alicyclic amines) is 1. The van der Waals surface area contributed by atoms with Gasteiger partial charge in [0.25, 0.3) is 5.56 Å². The number of amides is 1. The van der Waals surface area contributed by atoms with Crippen molar-refractivity contribution in [2.45, 2.75) is 78.3 Å². The summed E-state index contributed by atoms with van der Waals surface area (Å²) in [5.74, 6) is 1.11. The highest BCUT2D eigenvalue weighted by molar-refractivity contribution is 5.97.